The minimum atomic E-state index is 0.282. The van der Waals surface area contributed by atoms with E-state index >= 15 is 0 Å². The smallest absolute Gasteiger partial charge is 0.147 e. The first-order valence-corrected chi connectivity index (χ1v) is 7.60. The van der Waals surface area contributed by atoms with Crippen LogP contribution in [0.4, 0.5) is 10.8 Å². The summed E-state index contributed by atoms with van der Waals surface area (Å²) in [6.45, 7) is 1.17. The SMILES string of the molecule is Nc1nsc(NCCCCCCO)c1-c1cccnc1. The van der Waals surface area contributed by atoms with Crippen LogP contribution >= 0.6 is 11.5 Å². The van der Waals surface area contributed by atoms with Crippen molar-refractivity contribution in [1.82, 2.24) is 9.36 Å². The number of hydrogen-bond donors (Lipinski definition) is 3. The summed E-state index contributed by atoms with van der Waals surface area (Å²) in [6.07, 6.45) is 7.68. The molecule has 0 radical (unpaired) electrons. The Morgan fingerprint density at radius 2 is 2.10 bits per heavy atom. The van der Waals surface area contributed by atoms with Crippen molar-refractivity contribution in [2.45, 2.75) is 25.7 Å². The Morgan fingerprint density at radius 3 is 2.85 bits per heavy atom. The summed E-state index contributed by atoms with van der Waals surface area (Å²) < 4.78 is 4.22. The third-order valence-corrected chi connectivity index (χ3v) is 3.86. The highest BCUT2D eigenvalue weighted by Gasteiger charge is 2.13. The van der Waals surface area contributed by atoms with E-state index in [2.05, 4.69) is 14.7 Å². The highest BCUT2D eigenvalue weighted by atomic mass is 32.1. The topological polar surface area (TPSA) is 84.1 Å². The first kappa shape index (κ1) is 14.7. The average molecular weight is 292 g/mol. The lowest BCUT2D eigenvalue weighted by Crippen LogP contribution is -2.01. The van der Waals surface area contributed by atoms with Crippen molar-refractivity contribution in [3.8, 4) is 11.1 Å². The van der Waals surface area contributed by atoms with Crippen LogP contribution in [0.5, 0.6) is 0 Å². The van der Waals surface area contributed by atoms with Gasteiger partial charge in [0.25, 0.3) is 0 Å². The van der Waals surface area contributed by atoms with Crippen LogP contribution < -0.4 is 11.1 Å². The normalized spacial score (nSPS) is 10.7. The molecule has 4 N–H and O–H groups in total. The van der Waals surface area contributed by atoms with E-state index in [1.807, 2.05) is 12.1 Å². The second kappa shape index (κ2) is 7.81. The van der Waals surface area contributed by atoms with Gasteiger partial charge in [-0.3, -0.25) is 4.98 Å². The van der Waals surface area contributed by atoms with E-state index in [0.29, 0.717) is 5.82 Å². The van der Waals surface area contributed by atoms with Crippen LogP contribution in [0, 0.1) is 0 Å². The molecule has 0 amide bonds. The predicted molar refractivity (Wildman–Crippen MR) is 83.8 cm³/mol. The molecule has 108 valence electrons. The van der Waals surface area contributed by atoms with Gasteiger partial charge in [0, 0.05) is 31.1 Å². The third-order valence-electron chi connectivity index (χ3n) is 3.04. The summed E-state index contributed by atoms with van der Waals surface area (Å²) in [5.41, 5.74) is 7.88. The van der Waals surface area contributed by atoms with Crippen molar-refractivity contribution in [1.29, 1.82) is 0 Å². The Balaban J connectivity index is 1.93. The van der Waals surface area contributed by atoms with Gasteiger partial charge < -0.3 is 16.2 Å². The Bertz CT molecular complexity index is 515. The zero-order chi connectivity index (χ0) is 14.2. The lowest BCUT2D eigenvalue weighted by molar-refractivity contribution is 0.283. The molecule has 0 aromatic carbocycles. The second-order valence-corrected chi connectivity index (χ2v) is 5.35. The van der Waals surface area contributed by atoms with Crippen molar-refractivity contribution in [3.05, 3.63) is 24.5 Å². The minimum absolute atomic E-state index is 0.282. The molecule has 20 heavy (non-hydrogen) atoms. The number of nitrogen functional groups attached to an aromatic ring is 1. The molecule has 5 nitrogen and oxygen atoms in total. The van der Waals surface area contributed by atoms with Crippen LogP contribution in [0.15, 0.2) is 24.5 Å². The highest BCUT2D eigenvalue weighted by molar-refractivity contribution is 7.11. The largest absolute Gasteiger partial charge is 0.396 e. The third kappa shape index (κ3) is 3.91. The first-order chi connectivity index (χ1) is 9.83. The molecule has 0 saturated heterocycles. The summed E-state index contributed by atoms with van der Waals surface area (Å²) in [4.78, 5) is 4.12. The number of aromatic nitrogens is 2. The number of nitrogens with one attached hydrogen (secondary N) is 1. The van der Waals surface area contributed by atoms with E-state index in [-0.39, 0.29) is 6.61 Å². The van der Waals surface area contributed by atoms with Crippen LogP contribution in [0.25, 0.3) is 11.1 Å². The first-order valence-electron chi connectivity index (χ1n) is 6.83. The summed E-state index contributed by atoms with van der Waals surface area (Å²) in [5, 5.41) is 13.1. The monoisotopic (exact) mass is 292 g/mol. The van der Waals surface area contributed by atoms with Gasteiger partial charge in [-0.15, -0.1) is 0 Å². The van der Waals surface area contributed by atoms with Crippen LogP contribution in [0.3, 0.4) is 0 Å². The summed E-state index contributed by atoms with van der Waals surface area (Å²) in [5.74, 6) is 0.547. The molecular formula is C14H20N4OS. The standard InChI is InChI=1S/C14H20N4OS/c15-13-12(11-6-5-7-16-10-11)14(20-18-13)17-8-3-1-2-4-9-19/h5-7,10,17,19H,1-4,8-9H2,(H2,15,18). The molecule has 0 aliphatic rings. The number of hydrogen-bond acceptors (Lipinski definition) is 6. The molecule has 0 atom stereocenters. The van der Waals surface area contributed by atoms with E-state index in [9.17, 15) is 0 Å². The van der Waals surface area contributed by atoms with Gasteiger partial charge in [0.2, 0.25) is 0 Å². The molecule has 2 aromatic rings. The van der Waals surface area contributed by atoms with Gasteiger partial charge in [-0.2, -0.15) is 4.37 Å². The number of nitrogens with two attached hydrogens (primary N) is 1. The summed E-state index contributed by atoms with van der Waals surface area (Å²) in [7, 11) is 0. The molecule has 0 aliphatic heterocycles. The molecule has 0 bridgehead atoms. The molecule has 2 heterocycles. The van der Waals surface area contributed by atoms with Crippen molar-refractivity contribution < 1.29 is 5.11 Å². The van der Waals surface area contributed by atoms with E-state index in [1.165, 1.54) is 11.5 Å². The highest BCUT2D eigenvalue weighted by Crippen LogP contribution is 2.36. The maximum Gasteiger partial charge on any atom is 0.147 e. The fraction of sp³-hybridized carbons (Fsp3) is 0.429. The summed E-state index contributed by atoms with van der Waals surface area (Å²) >= 11 is 1.39. The van der Waals surface area contributed by atoms with Crippen LogP contribution in [0.2, 0.25) is 0 Å². The number of aliphatic hydroxyl groups excluding tert-OH is 1. The van der Waals surface area contributed by atoms with Crippen molar-refractivity contribution in [2.24, 2.45) is 0 Å². The number of pyridine rings is 1. The van der Waals surface area contributed by atoms with E-state index < -0.39 is 0 Å². The molecular weight excluding hydrogens is 272 g/mol. The Kier molecular flexibility index (Phi) is 5.76. The molecule has 0 spiro atoms. The van der Waals surface area contributed by atoms with E-state index in [4.69, 9.17) is 10.8 Å². The Labute approximate surface area is 123 Å². The Hall–Kier alpha value is -1.66. The van der Waals surface area contributed by atoms with Gasteiger partial charge >= 0.3 is 0 Å². The number of anilines is 2. The molecule has 0 unspecified atom stereocenters. The van der Waals surface area contributed by atoms with E-state index in [1.54, 1.807) is 12.4 Å². The maximum absolute atomic E-state index is 8.72. The van der Waals surface area contributed by atoms with Gasteiger partial charge in [-0.25, -0.2) is 0 Å². The van der Waals surface area contributed by atoms with Gasteiger partial charge in [0.05, 0.1) is 5.56 Å². The zero-order valence-electron chi connectivity index (χ0n) is 11.4. The fourth-order valence-electron chi connectivity index (χ4n) is 2.00. The molecule has 6 heteroatoms. The van der Waals surface area contributed by atoms with Gasteiger partial charge in [0.15, 0.2) is 0 Å². The lowest BCUT2D eigenvalue weighted by atomic mass is 10.1. The number of aliphatic hydroxyl groups is 1. The van der Waals surface area contributed by atoms with Crippen LogP contribution in [-0.4, -0.2) is 27.6 Å². The number of rotatable bonds is 8. The molecule has 2 aromatic heterocycles. The van der Waals surface area contributed by atoms with Crippen molar-refractivity contribution in [2.75, 3.05) is 24.2 Å². The molecule has 0 aliphatic carbocycles. The molecule has 2 rings (SSSR count). The average Bonchev–Trinajstić information content (AvgIpc) is 2.84. The second-order valence-electron chi connectivity index (χ2n) is 4.58. The summed E-state index contributed by atoms with van der Waals surface area (Å²) in [6, 6.07) is 3.88. The maximum atomic E-state index is 8.72. The van der Waals surface area contributed by atoms with Crippen molar-refractivity contribution >= 4 is 22.4 Å². The lowest BCUT2D eigenvalue weighted by Gasteiger charge is -2.07. The van der Waals surface area contributed by atoms with Crippen LogP contribution in [0.1, 0.15) is 25.7 Å². The van der Waals surface area contributed by atoms with Crippen molar-refractivity contribution in [3.63, 3.8) is 0 Å². The van der Waals surface area contributed by atoms with Gasteiger partial charge in [0.1, 0.15) is 10.8 Å². The fourth-order valence-corrected chi connectivity index (χ4v) is 2.77. The quantitative estimate of drug-likeness (QED) is 0.652. The molecule has 0 fully saturated rings. The van der Waals surface area contributed by atoms with Gasteiger partial charge in [-0.05, 0) is 30.4 Å². The van der Waals surface area contributed by atoms with E-state index in [0.717, 1.165) is 48.4 Å². The Morgan fingerprint density at radius 1 is 1.25 bits per heavy atom. The number of unbranched alkanes of at least 4 members (excludes halogenated alkanes) is 3. The zero-order valence-corrected chi connectivity index (χ0v) is 12.2. The minimum Gasteiger partial charge on any atom is -0.396 e. The van der Waals surface area contributed by atoms with Crippen LogP contribution in [-0.2, 0) is 0 Å². The van der Waals surface area contributed by atoms with Gasteiger partial charge in [-0.1, -0.05) is 18.9 Å². The predicted octanol–water partition coefficient (Wildman–Crippen LogP) is 2.75. The number of nitrogens with zero attached hydrogens (tertiary/aromatic N) is 2. The molecule has 0 saturated carbocycles.